The minimum Gasteiger partial charge on any atom is -0.355 e. The highest BCUT2D eigenvalue weighted by molar-refractivity contribution is 7.12. The summed E-state index contributed by atoms with van der Waals surface area (Å²) in [5.41, 5.74) is 2.60. The van der Waals surface area contributed by atoms with Crippen molar-refractivity contribution < 1.29 is 14.4 Å². The van der Waals surface area contributed by atoms with E-state index in [4.69, 9.17) is 0 Å². The summed E-state index contributed by atoms with van der Waals surface area (Å²) in [6.45, 7) is 8.00. The summed E-state index contributed by atoms with van der Waals surface area (Å²) in [6, 6.07) is 3.72. The monoisotopic (exact) mass is 373 g/mol. The summed E-state index contributed by atoms with van der Waals surface area (Å²) in [7, 11) is 0. The van der Waals surface area contributed by atoms with Crippen molar-refractivity contribution in [3.05, 3.63) is 44.9 Å². The van der Waals surface area contributed by atoms with E-state index in [0.717, 1.165) is 16.1 Å². The van der Waals surface area contributed by atoms with Gasteiger partial charge in [-0.3, -0.25) is 19.3 Å². The second-order valence-electron chi connectivity index (χ2n) is 6.65. The van der Waals surface area contributed by atoms with Gasteiger partial charge in [0.15, 0.2) is 11.6 Å². The van der Waals surface area contributed by atoms with Crippen molar-refractivity contribution in [2.45, 2.75) is 20.8 Å². The molecule has 0 saturated carbocycles. The van der Waals surface area contributed by atoms with Crippen LogP contribution in [-0.4, -0.2) is 65.0 Å². The molecule has 6 nitrogen and oxygen atoms in total. The first-order chi connectivity index (χ1) is 12.4. The standard InChI is InChI=1S/C19H23N3O3S/c1-12-17(14(3)23)13(2)20-18(12)15(24)11-21-6-8-22(9-7-21)19(25)16-5-4-10-26-16/h4-5,10,20H,6-9,11H2,1-3H3. The number of carbonyl (C=O) groups excluding carboxylic acids is 3. The number of piperazine rings is 1. The highest BCUT2D eigenvalue weighted by Crippen LogP contribution is 2.20. The quantitative estimate of drug-likeness (QED) is 0.818. The lowest BCUT2D eigenvalue weighted by molar-refractivity contribution is 0.0628. The zero-order valence-electron chi connectivity index (χ0n) is 15.3. The van der Waals surface area contributed by atoms with Crippen LogP contribution in [0.15, 0.2) is 17.5 Å². The highest BCUT2D eigenvalue weighted by atomic mass is 32.1. The number of Topliss-reactive ketones (excluding diaryl/α,β-unsaturated/α-hetero) is 2. The van der Waals surface area contributed by atoms with E-state index in [-0.39, 0.29) is 17.5 Å². The fourth-order valence-electron chi connectivity index (χ4n) is 3.50. The molecule has 0 atom stereocenters. The molecule has 3 heterocycles. The second kappa shape index (κ2) is 7.55. The van der Waals surface area contributed by atoms with Crippen molar-refractivity contribution in [3.63, 3.8) is 0 Å². The number of amides is 1. The molecule has 138 valence electrons. The van der Waals surface area contributed by atoms with Crippen molar-refractivity contribution in [1.29, 1.82) is 0 Å². The molecule has 0 aliphatic carbocycles. The maximum atomic E-state index is 12.7. The largest absolute Gasteiger partial charge is 0.355 e. The number of hydrogen-bond donors (Lipinski definition) is 1. The normalized spacial score (nSPS) is 15.3. The van der Waals surface area contributed by atoms with Crippen LogP contribution in [0.2, 0.25) is 0 Å². The summed E-state index contributed by atoms with van der Waals surface area (Å²) in [5, 5.41) is 1.90. The third kappa shape index (κ3) is 3.64. The minimum atomic E-state index is -0.0315. The average molecular weight is 373 g/mol. The first kappa shape index (κ1) is 18.5. The van der Waals surface area contributed by atoms with Gasteiger partial charge in [0.25, 0.3) is 5.91 Å². The second-order valence-corrected chi connectivity index (χ2v) is 7.60. The van der Waals surface area contributed by atoms with Gasteiger partial charge in [0.05, 0.1) is 17.1 Å². The van der Waals surface area contributed by atoms with E-state index in [2.05, 4.69) is 9.88 Å². The first-order valence-corrected chi connectivity index (χ1v) is 9.55. The number of aromatic amines is 1. The Morgan fingerprint density at radius 2 is 1.85 bits per heavy atom. The number of aromatic nitrogens is 1. The minimum absolute atomic E-state index is 0.0175. The van der Waals surface area contributed by atoms with Crippen LogP contribution in [0.3, 0.4) is 0 Å². The van der Waals surface area contributed by atoms with Crippen LogP contribution in [0.1, 0.15) is 48.7 Å². The molecule has 0 radical (unpaired) electrons. The topological polar surface area (TPSA) is 73.5 Å². The lowest BCUT2D eigenvalue weighted by atomic mass is 10.1. The van der Waals surface area contributed by atoms with Crippen LogP contribution < -0.4 is 0 Å². The number of aryl methyl sites for hydroxylation is 1. The van der Waals surface area contributed by atoms with Crippen molar-refractivity contribution >= 4 is 28.8 Å². The Kier molecular flexibility index (Phi) is 5.38. The third-order valence-corrected chi connectivity index (χ3v) is 5.68. The van der Waals surface area contributed by atoms with E-state index in [1.807, 2.05) is 36.3 Å². The van der Waals surface area contributed by atoms with E-state index in [9.17, 15) is 14.4 Å². The van der Waals surface area contributed by atoms with Gasteiger partial charge in [-0.15, -0.1) is 11.3 Å². The lowest BCUT2D eigenvalue weighted by Gasteiger charge is -2.34. The van der Waals surface area contributed by atoms with E-state index >= 15 is 0 Å². The van der Waals surface area contributed by atoms with Gasteiger partial charge < -0.3 is 9.88 Å². The molecular formula is C19H23N3O3S. The van der Waals surface area contributed by atoms with Gasteiger partial charge in [-0.25, -0.2) is 0 Å². The summed E-state index contributed by atoms with van der Waals surface area (Å²) in [4.78, 5) is 44.5. The number of rotatable bonds is 5. The fraction of sp³-hybridized carbons (Fsp3) is 0.421. The molecule has 1 aliphatic heterocycles. The first-order valence-electron chi connectivity index (χ1n) is 8.67. The van der Waals surface area contributed by atoms with E-state index in [1.54, 1.807) is 0 Å². The van der Waals surface area contributed by atoms with Gasteiger partial charge in [0.1, 0.15) is 0 Å². The Morgan fingerprint density at radius 3 is 2.38 bits per heavy atom. The van der Waals surface area contributed by atoms with Gasteiger partial charge in [-0.1, -0.05) is 6.07 Å². The summed E-state index contributed by atoms with van der Waals surface area (Å²) in [6.07, 6.45) is 0. The molecule has 3 rings (SSSR count). The van der Waals surface area contributed by atoms with Crippen LogP contribution in [0, 0.1) is 13.8 Å². The molecule has 1 fully saturated rings. The molecule has 7 heteroatoms. The fourth-order valence-corrected chi connectivity index (χ4v) is 4.20. The lowest BCUT2D eigenvalue weighted by Crippen LogP contribution is -2.49. The molecule has 0 spiro atoms. The molecule has 1 amide bonds. The predicted octanol–water partition coefficient (Wildman–Crippen LogP) is 2.54. The molecule has 1 aliphatic rings. The Hall–Kier alpha value is -2.25. The van der Waals surface area contributed by atoms with Crippen LogP contribution in [-0.2, 0) is 0 Å². The zero-order valence-corrected chi connectivity index (χ0v) is 16.1. The average Bonchev–Trinajstić information content (AvgIpc) is 3.23. The Morgan fingerprint density at radius 1 is 1.15 bits per heavy atom. The number of ketones is 2. The van der Waals surface area contributed by atoms with E-state index < -0.39 is 0 Å². The van der Waals surface area contributed by atoms with Gasteiger partial charge in [-0.05, 0) is 37.8 Å². The SMILES string of the molecule is CC(=O)c1c(C)[nH]c(C(=O)CN2CCN(C(=O)c3cccs3)CC2)c1C. The maximum Gasteiger partial charge on any atom is 0.264 e. The number of nitrogens with one attached hydrogen (secondary N) is 1. The molecule has 0 unspecified atom stereocenters. The molecule has 1 N–H and O–H groups in total. The Balaban J connectivity index is 1.60. The number of nitrogens with zero attached hydrogens (tertiary/aromatic N) is 2. The summed E-state index contributed by atoms with van der Waals surface area (Å²) in [5.74, 6) is 0.0139. The van der Waals surface area contributed by atoms with Crippen molar-refractivity contribution in [2.75, 3.05) is 32.7 Å². The molecule has 2 aromatic rings. The molecule has 0 aromatic carbocycles. The Labute approximate surface area is 156 Å². The van der Waals surface area contributed by atoms with Crippen molar-refractivity contribution in [2.24, 2.45) is 0 Å². The van der Waals surface area contributed by atoms with Gasteiger partial charge in [0.2, 0.25) is 0 Å². The molecule has 1 saturated heterocycles. The van der Waals surface area contributed by atoms with Crippen molar-refractivity contribution in [1.82, 2.24) is 14.8 Å². The van der Waals surface area contributed by atoms with Gasteiger partial charge >= 0.3 is 0 Å². The number of hydrogen-bond acceptors (Lipinski definition) is 5. The van der Waals surface area contributed by atoms with Crippen LogP contribution >= 0.6 is 11.3 Å². The molecule has 0 bridgehead atoms. The predicted molar refractivity (Wildman–Crippen MR) is 101 cm³/mol. The third-order valence-electron chi connectivity index (χ3n) is 4.83. The number of H-pyrrole nitrogens is 1. The number of thiophene rings is 1. The van der Waals surface area contributed by atoms with E-state index in [1.165, 1.54) is 18.3 Å². The van der Waals surface area contributed by atoms with Crippen molar-refractivity contribution in [3.8, 4) is 0 Å². The molecular weight excluding hydrogens is 350 g/mol. The molecule has 2 aromatic heterocycles. The maximum absolute atomic E-state index is 12.7. The summed E-state index contributed by atoms with van der Waals surface area (Å²) >= 11 is 1.45. The zero-order chi connectivity index (χ0) is 18.8. The Bertz CT molecular complexity index is 831. The van der Waals surface area contributed by atoms with Gasteiger partial charge in [-0.2, -0.15) is 0 Å². The number of carbonyl (C=O) groups is 3. The smallest absolute Gasteiger partial charge is 0.264 e. The van der Waals surface area contributed by atoms with Gasteiger partial charge in [0, 0.05) is 37.4 Å². The van der Waals surface area contributed by atoms with Crippen LogP contribution in [0.4, 0.5) is 0 Å². The summed E-state index contributed by atoms with van der Waals surface area (Å²) < 4.78 is 0. The van der Waals surface area contributed by atoms with Crippen LogP contribution in [0.25, 0.3) is 0 Å². The van der Waals surface area contributed by atoms with E-state index in [0.29, 0.717) is 44.0 Å². The van der Waals surface area contributed by atoms with Crippen LogP contribution in [0.5, 0.6) is 0 Å². The molecule has 26 heavy (non-hydrogen) atoms. The highest BCUT2D eigenvalue weighted by Gasteiger charge is 2.26.